The molecular formula is C5H8N4O2S2. The van der Waals surface area contributed by atoms with Gasteiger partial charge in [-0.05, 0) is 24.4 Å². The first-order valence-electron chi connectivity index (χ1n) is 3.10. The zero-order valence-electron chi connectivity index (χ0n) is 6.49. The van der Waals surface area contributed by atoms with Crippen molar-refractivity contribution in [1.29, 1.82) is 0 Å². The van der Waals surface area contributed by atoms with E-state index in [1.807, 2.05) is 0 Å². The van der Waals surface area contributed by atoms with Gasteiger partial charge in [-0.25, -0.2) is 0 Å². The van der Waals surface area contributed by atoms with Crippen LogP contribution in [0.15, 0.2) is 0 Å². The van der Waals surface area contributed by atoms with E-state index in [-0.39, 0.29) is 10.2 Å². The number of carbonyl (C=O) groups is 2. The molecule has 0 aromatic rings. The summed E-state index contributed by atoms with van der Waals surface area (Å²) in [6.07, 6.45) is -0.422. The molecule has 2 amide bonds. The molecular weight excluding hydrogens is 212 g/mol. The maximum atomic E-state index is 10.8. The lowest BCUT2D eigenvalue weighted by molar-refractivity contribution is -0.127. The van der Waals surface area contributed by atoms with E-state index in [1.54, 1.807) is 0 Å². The highest BCUT2D eigenvalue weighted by Gasteiger charge is 2.09. The number of hydrogen-bond acceptors (Lipinski definition) is 4. The van der Waals surface area contributed by atoms with Gasteiger partial charge in [-0.1, -0.05) is 0 Å². The number of amides is 2. The van der Waals surface area contributed by atoms with Gasteiger partial charge in [-0.2, -0.15) is 0 Å². The summed E-state index contributed by atoms with van der Waals surface area (Å²) in [5, 5.41) is 3.77. The normalized spacial score (nSPS) is 8.62. The molecule has 0 heterocycles. The maximum absolute atomic E-state index is 10.8. The van der Waals surface area contributed by atoms with Crippen molar-refractivity contribution >= 4 is 46.5 Å². The van der Waals surface area contributed by atoms with Crippen LogP contribution in [0.4, 0.5) is 0 Å². The molecule has 0 saturated heterocycles. The molecule has 0 fully saturated rings. The Hall–Kier alpha value is -1.28. The van der Waals surface area contributed by atoms with Gasteiger partial charge in [0.2, 0.25) is 11.8 Å². The zero-order chi connectivity index (χ0) is 10.4. The minimum Gasteiger partial charge on any atom is -0.376 e. The second-order valence-electron chi connectivity index (χ2n) is 2.00. The molecule has 0 aromatic heterocycles. The maximum Gasteiger partial charge on any atom is 0.235 e. The Morgan fingerprint density at radius 2 is 1.31 bits per heavy atom. The van der Waals surface area contributed by atoms with Crippen LogP contribution in [0.25, 0.3) is 0 Å². The van der Waals surface area contributed by atoms with Gasteiger partial charge in [-0.3, -0.25) is 9.59 Å². The molecule has 6 nitrogen and oxygen atoms in total. The highest BCUT2D eigenvalue weighted by molar-refractivity contribution is 7.80. The van der Waals surface area contributed by atoms with Crippen molar-refractivity contribution < 1.29 is 9.59 Å². The van der Waals surface area contributed by atoms with Crippen molar-refractivity contribution in [3.63, 3.8) is 0 Å². The predicted molar refractivity (Wildman–Crippen MR) is 54.5 cm³/mol. The van der Waals surface area contributed by atoms with Gasteiger partial charge in [0.25, 0.3) is 0 Å². The third-order valence-corrected chi connectivity index (χ3v) is 1.05. The summed E-state index contributed by atoms with van der Waals surface area (Å²) < 4.78 is 0. The van der Waals surface area contributed by atoms with E-state index in [0.717, 1.165) is 0 Å². The van der Waals surface area contributed by atoms with Crippen LogP contribution in [-0.2, 0) is 9.59 Å². The molecule has 0 bridgehead atoms. The summed E-state index contributed by atoms with van der Waals surface area (Å²) in [4.78, 5) is 21.6. The third kappa shape index (κ3) is 7.09. The standard InChI is InChI=1S/C5H8N4O2S2/c6-4(12)8-2(10)1-3(11)9-5(7)13/h1H2,(H3,6,8,10,12)(H3,7,9,11,13). The minimum absolute atomic E-state index is 0.187. The molecule has 72 valence electrons. The van der Waals surface area contributed by atoms with Gasteiger partial charge >= 0.3 is 0 Å². The smallest absolute Gasteiger partial charge is 0.235 e. The number of nitrogens with one attached hydrogen (secondary N) is 2. The van der Waals surface area contributed by atoms with Crippen LogP contribution < -0.4 is 22.1 Å². The van der Waals surface area contributed by atoms with E-state index >= 15 is 0 Å². The fraction of sp³-hybridized carbons (Fsp3) is 0.200. The summed E-state index contributed by atoms with van der Waals surface area (Å²) in [5.41, 5.74) is 9.98. The molecule has 13 heavy (non-hydrogen) atoms. The molecule has 0 saturated carbocycles. The molecule has 0 aliphatic carbocycles. The SMILES string of the molecule is NC(=S)NC(=O)CC(=O)NC(N)=S. The molecule has 0 aliphatic heterocycles. The van der Waals surface area contributed by atoms with E-state index in [4.69, 9.17) is 11.5 Å². The summed E-state index contributed by atoms with van der Waals surface area (Å²) in [7, 11) is 0. The molecule has 0 aromatic carbocycles. The Kier molecular flexibility index (Phi) is 4.85. The Bertz CT molecular complexity index is 239. The number of hydrogen-bond donors (Lipinski definition) is 4. The molecule has 0 atom stereocenters. The Labute approximate surface area is 85.0 Å². The average Bonchev–Trinajstić information content (AvgIpc) is 1.80. The second-order valence-corrected chi connectivity index (χ2v) is 2.88. The fourth-order valence-corrected chi connectivity index (χ4v) is 0.737. The van der Waals surface area contributed by atoms with Gasteiger partial charge in [0.05, 0.1) is 0 Å². The quantitative estimate of drug-likeness (QED) is 0.319. The van der Waals surface area contributed by atoms with Crippen molar-refractivity contribution in [3.05, 3.63) is 0 Å². The first-order chi connectivity index (χ1) is 5.91. The van der Waals surface area contributed by atoms with Gasteiger partial charge in [0.1, 0.15) is 6.42 Å². The van der Waals surface area contributed by atoms with Crippen LogP contribution >= 0.6 is 24.4 Å². The molecule has 8 heteroatoms. The average molecular weight is 220 g/mol. The monoisotopic (exact) mass is 220 g/mol. The molecule has 0 rings (SSSR count). The summed E-state index contributed by atoms with van der Waals surface area (Å²) in [5.74, 6) is -1.22. The highest BCUT2D eigenvalue weighted by Crippen LogP contribution is 1.79. The van der Waals surface area contributed by atoms with Crippen LogP contribution in [0.5, 0.6) is 0 Å². The number of thiocarbonyl (C=S) groups is 2. The van der Waals surface area contributed by atoms with Gasteiger partial charge in [0, 0.05) is 0 Å². The fourth-order valence-electron chi connectivity index (χ4n) is 0.509. The van der Waals surface area contributed by atoms with Crippen molar-refractivity contribution in [3.8, 4) is 0 Å². The predicted octanol–water partition coefficient (Wildman–Crippen LogP) is -1.90. The molecule has 0 aliphatic rings. The first kappa shape index (κ1) is 11.7. The van der Waals surface area contributed by atoms with Crippen LogP contribution in [-0.4, -0.2) is 22.0 Å². The van der Waals surface area contributed by atoms with E-state index < -0.39 is 18.2 Å². The minimum atomic E-state index is -0.610. The lowest BCUT2D eigenvalue weighted by atomic mass is 10.4. The zero-order valence-corrected chi connectivity index (χ0v) is 8.13. The van der Waals surface area contributed by atoms with Gasteiger partial charge in [0.15, 0.2) is 10.2 Å². The highest BCUT2D eigenvalue weighted by atomic mass is 32.1. The van der Waals surface area contributed by atoms with Crippen LogP contribution in [0.2, 0.25) is 0 Å². The van der Waals surface area contributed by atoms with Crippen molar-refractivity contribution in [2.75, 3.05) is 0 Å². The number of rotatable bonds is 2. The summed E-state index contributed by atoms with van der Waals surface area (Å²) in [6, 6.07) is 0. The lowest BCUT2D eigenvalue weighted by Gasteiger charge is -2.02. The van der Waals surface area contributed by atoms with E-state index in [9.17, 15) is 9.59 Å². The molecule has 0 radical (unpaired) electrons. The molecule has 0 unspecified atom stereocenters. The number of nitrogens with two attached hydrogens (primary N) is 2. The van der Waals surface area contributed by atoms with Crippen LogP contribution in [0.3, 0.4) is 0 Å². The lowest BCUT2D eigenvalue weighted by Crippen LogP contribution is -2.40. The first-order valence-corrected chi connectivity index (χ1v) is 3.92. The van der Waals surface area contributed by atoms with E-state index in [0.29, 0.717) is 0 Å². The Morgan fingerprint density at radius 1 is 1.00 bits per heavy atom. The Balaban J connectivity index is 3.85. The van der Waals surface area contributed by atoms with E-state index in [1.165, 1.54) is 0 Å². The van der Waals surface area contributed by atoms with Crippen LogP contribution in [0.1, 0.15) is 6.42 Å². The second kappa shape index (κ2) is 5.38. The van der Waals surface area contributed by atoms with Gasteiger partial charge in [-0.15, -0.1) is 0 Å². The van der Waals surface area contributed by atoms with Crippen molar-refractivity contribution in [1.82, 2.24) is 10.6 Å². The van der Waals surface area contributed by atoms with Crippen LogP contribution in [0, 0.1) is 0 Å². The van der Waals surface area contributed by atoms with Crippen molar-refractivity contribution in [2.24, 2.45) is 11.5 Å². The summed E-state index contributed by atoms with van der Waals surface area (Å²) in [6.45, 7) is 0. The van der Waals surface area contributed by atoms with E-state index in [2.05, 4.69) is 35.1 Å². The van der Waals surface area contributed by atoms with Gasteiger partial charge < -0.3 is 22.1 Å². The molecule has 6 N–H and O–H groups in total. The largest absolute Gasteiger partial charge is 0.376 e. The summed E-state index contributed by atoms with van der Waals surface area (Å²) >= 11 is 8.75. The molecule has 0 spiro atoms. The Morgan fingerprint density at radius 3 is 1.54 bits per heavy atom. The third-order valence-electron chi connectivity index (χ3n) is 0.846. The van der Waals surface area contributed by atoms with Crippen molar-refractivity contribution in [2.45, 2.75) is 6.42 Å². The topological polar surface area (TPSA) is 110 Å². The number of carbonyl (C=O) groups excluding carboxylic acids is 2.